The van der Waals surface area contributed by atoms with E-state index in [0.717, 1.165) is 5.75 Å². The van der Waals surface area contributed by atoms with E-state index in [1.54, 1.807) is 11.8 Å². The topological polar surface area (TPSA) is 55.4 Å². The van der Waals surface area contributed by atoms with E-state index in [1.807, 2.05) is 6.92 Å². The molecule has 0 aromatic rings. The third kappa shape index (κ3) is 7.67. The molecule has 0 fully saturated rings. The van der Waals surface area contributed by atoms with Gasteiger partial charge in [0.2, 0.25) is 5.91 Å². The molecule has 0 aromatic carbocycles. The number of nitrogens with one attached hydrogen (secondary N) is 1. The number of rotatable bonds is 6. The molecule has 0 aliphatic rings. The third-order valence-corrected chi connectivity index (χ3v) is 3.55. The quantitative estimate of drug-likeness (QED) is 0.591. The molecule has 88 valence electrons. The molecule has 4 nitrogen and oxygen atoms in total. The Labute approximate surface area is 103 Å². The van der Waals surface area contributed by atoms with Crippen molar-refractivity contribution in [2.75, 3.05) is 18.6 Å². The van der Waals surface area contributed by atoms with Gasteiger partial charge in [-0.25, -0.2) is 4.79 Å². The van der Waals surface area contributed by atoms with Gasteiger partial charge in [0, 0.05) is 23.3 Å². The monoisotopic (exact) mass is 297 g/mol. The molecule has 0 radical (unpaired) electrons. The van der Waals surface area contributed by atoms with Gasteiger partial charge in [-0.1, -0.05) is 22.9 Å². The normalized spacial score (nSPS) is 14.1. The first-order valence-corrected chi connectivity index (χ1v) is 6.61. The molecule has 1 unspecified atom stereocenters. The number of carbonyl (C=O) groups is 2. The van der Waals surface area contributed by atoms with Crippen LogP contribution in [0, 0.1) is 0 Å². The summed E-state index contributed by atoms with van der Waals surface area (Å²) < 4.78 is 4.59. The summed E-state index contributed by atoms with van der Waals surface area (Å²) in [6.07, 6.45) is 0. The lowest BCUT2D eigenvalue weighted by Gasteiger charge is -2.15. The van der Waals surface area contributed by atoms with Gasteiger partial charge in [0.05, 0.1) is 7.11 Å². The van der Waals surface area contributed by atoms with Crippen LogP contribution in [0.4, 0.5) is 0 Å². The van der Waals surface area contributed by atoms with Gasteiger partial charge >= 0.3 is 5.97 Å². The zero-order valence-corrected chi connectivity index (χ0v) is 11.5. The molecule has 1 amide bonds. The summed E-state index contributed by atoms with van der Waals surface area (Å²) in [4.78, 5) is 22.5. The molecule has 0 saturated heterocycles. The van der Waals surface area contributed by atoms with E-state index in [0.29, 0.717) is 10.6 Å². The Hall–Kier alpha value is -0.230. The smallest absolute Gasteiger partial charge is 0.329 e. The summed E-state index contributed by atoms with van der Waals surface area (Å²) in [5.74, 6) is 0.785. The number of thioether (sulfide) groups is 1. The van der Waals surface area contributed by atoms with Crippen molar-refractivity contribution in [3.63, 3.8) is 0 Å². The zero-order valence-electron chi connectivity index (χ0n) is 9.08. The van der Waals surface area contributed by atoms with Gasteiger partial charge in [-0.15, -0.1) is 0 Å². The summed E-state index contributed by atoms with van der Waals surface area (Å²) in [6.45, 7) is 3.41. The maximum Gasteiger partial charge on any atom is 0.329 e. The molecule has 0 spiro atoms. The van der Waals surface area contributed by atoms with Gasteiger partial charge in [-0.05, 0) is 0 Å². The predicted octanol–water partition coefficient (Wildman–Crippen LogP) is 1.18. The minimum atomic E-state index is -0.552. The first-order chi connectivity index (χ1) is 6.97. The van der Waals surface area contributed by atoms with E-state index in [2.05, 4.69) is 26.0 Å². The van der Waals surface area contributed by atoms with Crippen molar-refractivity contribution in [2.45, 2.75) is 24.7 Å². The van der Waals surface area contributed by atoms with Crippen LogP contribution in [-0.4, -0.2) is 41.4 Å². The summed E-state index contributed by atoms with van der Waals surface area (Å²) in [5, 5.41) is 2.55. The van der Waals surface area contributed by atoms with Crippen LogP contribution in [0.5, 0.6) is 0 Å². The third-order valence-electron chi connectivity index (χ3n) is 1.50. The van der Waals surface area contributed by atoms with Gasteiger partial charge in [0.15, 0.2) is 0 Å². The predicted molar refractivity (Wildman–Crippen MR) is 65.3 cm³/mol. The van der Waals surface area contributed by atoms with Gasteiger partial charge in [0.25, 0.3) is 0 Å². The van der Waals surface area contributed by atoms with Gasteiger partial charge in [-0.2, -0.15) is 11.8 Å². The van der Waals surface area contributed by atoms with Gasteiger partial charge in [-0.3, -0.25) is 4.79 Å². The molecule has 2 atom stereocenters. The highest BCUT2D eigenvalue weighted by Crippen LogP contribution is 2.10. The molecule has 0 aliphatic carbocycles. The average Bonchev–Trinajstić information content (AvgIpc) is 2.14. The highest BCUT2D eigenvalue weighted by Gasteiger charge is 2.19. The Balaban J connectivity index is 4.01. The Kier molecular flexibility index (Phi) is 7.86. The fraction of sp³-hybridized carbons (Fsp3) is 0.778. The molecule has 0 aromatic heterocycles. The Morgan fingerprint density at radius 1 is 1.47 bits per heavy atom. The van der Waals surface area contributed by atoms with E-state index >= 15 is 0 Å². The van der Waals surface area contributed by atoms with E-state index < -0.39 is 12.0 Å². The number of hydrogen-bond donors (Lipinski definition) is 1. The highest BCUT2D eigenvalue weighted by atomic mass is 79.9. The van der Waals surface area contributed by atoms with Crippen LogP contribution >= 0.6 is 27.7 Å². The first kappa shape index (κ1) is 14.8. The van der Waals surface area contributed by atoms with Crippen LogP contribution in [0.3, 0.4) is 0 Å². The Morgan fingerprint density at radius 3 is 2.47 bits per heavy atom. The summed E-state index contributed by atoms with van der Waals surface area (Å²) >= 11 is 5.00. The van der Waals surface area contributed by atoms with Crippen LogP contribution in [0.1, 0.15) is 13.8 Å². The highest BCUT2D eigenvalue weighted by molar-refractivity contribution is 9.09. The minimum absolute atomic E-state index is 0.224. The Bertz CT molecular complexity index is 223. The van der Waals surface area contributed by atoms with Gasteiger partial charge in [0.1, 0.15) is 6.04 Å². The van der Waals surface area contributed by atoms with E-state index in [1.165, 1.54) is 14.0 Å². The molecular formula is C9H16BrNO3S. The van der Waals surface area contributed by atoms with E-state index in [4.69, 9.17) is 0 Å². The second-order valence-electron chi connectivity index (χ2n) is 3.09. The van der Waals surface area contributed by atoms with Crippen molar-refractivity contribution in [1.29, 1.82) is 0 Å². The standard InChI is InChI=1S/C9H16BrNO3S/c1-6(10)4-15-5-8(9(13)14-3)11-7(2)12/h6,8H,4-5H2,1-3H3,(H,11,12)/t6?,8-/m0/s1. The van der Waals surface area contributed by atoms with Crippen molar-refractivity contribution >= 4 is 39.6 Å². The molecule has 0 bridgehead atoms. The van der Waals surface area contributed by atoms with Crippen molar-refractivity contribution in [3.8, 4) is 0 Å². The number of hydrogen-bond acceptors (Lipinski definition) is 4. The molecule has 0 rings (SSSR count). The SMILES string of the molecule is COC(=O)[C@H](CSCC(C)Br)NC(C)=O. The molecule has 15 heavy (non-hydrogen) atoms. The van der Waals surface area contributed by atoms with Crippen LogP contribution < -0.4 is 5.32 Å². The minimum Gasteiger partial charge on any atom is -0.467 e. The first-order valence-electron chi connectivity index (χ1n) is 4.54. The second-order valence-corrected chi connectivity index (χ2v) is 5.73. The van der Waals surface area contributed by atoms with Crippen molar-refractivity contribution in [2.24, 2.45) is 0 Å². The van der Waals surface area contributed by atoms with Crippen molar-refractivity contribution < 1.29 is 14.3 Å². The van der Waals surface area contributed by atoms with Crippen LogP contribution in [-0.2, 0) is 14.3 Å². The molecule has 0 heterocycles. The molecular weight excluding hydrogens is 282 g/mol. The van der Waals surface area contributed by atoms with Crippen molar-refractivity contribution in [1.82, 2.24) is 5.32 Å². The number of methoxy groups -OCH3 is 1. The second kappa shape index (κ2) is 7.98. The lowest BCUT2D eigenvalue weighted by Crippen LogP contribution is -2.42. The largest absolute Gasteiger partial charge is 0.467 e. The summed E-state index contributed by atoms with van der Waals surface area (Å²) in [5.41, 5.74) is 0. The maximum absolute atomic E-state index is 11.3. The number of carbonyl (C=O) groups excluding carboxylic acids is 2. The van der Waals surface area contributed by atoms with Crippen LogP contribution in [0.15, 0.2) is 0 Å². The summed E-state index contributed by atoms with van der Waals surface area (Å²) in [6, 6.07) is -0.552. The number of halogens is 1. The van der Waals surface area contributed by atoms with Crippen molar-refractivity contribution in [3.05, 3.63) is 0 Å². The number of esters is 1. The van der Waals surface area contributed by atoms with E-state index in [9.17, 15) is 9.59 Å². The average molecular weight is 298 g/mol. The van der Waals surface area contributed by atoms with Gasteiger partial charge < -0.3 is 10.1 Å². The van der Waals surface area contributed by atoms with Crippen LogP contribution in [0.25, 0.3) is 0 Å². The molecule has 0 saturated carbocycles. The molecule has 0 aliphatic heterocycles. The number of amides is 1. The fourth-order valence-electron chi connectivity index (χ4n) is 0.905. The fourth-order valence-corrected chi connectivity index (χ4v) is 2.38. The molecule has 1 N–H and O–H groups in total. The van der Waals surface area contributed by atoms with E-state index in [-0.39, 0.29) is 5.91 Å². The molecule has 6 heteroatoms. The Morgan fingerprint density at radius 2 is 2.07 bits per heavy atom. The lowest BCUT2D eigenvalue weighted by atomic mass is 10.3. The maximum atomic E-state index is 11.3. The zero-order chi connectivity index (χ0) is 11.8. The number of ether oxygens (including phenoxy) is 1. The number of alkyl halides is 1. The summed E-state index contributed by atoms with van der Waals surface area (Å²) in [7, 11) is 1.31. The van der Waals surface area contributed by atoms with Crippen LogP contribution in [0.2, 0.25) is 0 Å². The lowest BCUT2D eigenvalue weighted by molar-refractivity contribution is -0.144.